The van der Waals surface area contributed by atoms with Gasteiger partial charge in [0, 0.05) is 11.7 Å². The Hall–Kier alpha value is -1.65. The van der Waals surface area contributed by atoms with Gasteiger partial charge in [0.2, 0.25) is 0 Å². The number of benzene rings is 1. The Labute approximate surface area is 110 Å². The lowest BCUT2D eigenvalue weighted by Crippen LogP contribution is -2.20. The Balaban J connectivity index is 2.17. The van der Waals surface area contributed by atoms with Crippen LogP contribution >= 0.6 is 11.3 Å². The van der Waals surface area contributed by atoms with Gasteiger partial charge in [0.25, 0.3) is 0 Å². The standard InChI is InChI=1S/C14H15N3S/c1-15-13(12-8-16-9-17(12)2)11-5-3-4-10-6-7-18-14(10)11/h3-9,13,15H,1-2H3. The van der Waals surface area contributed by atoms with Gasteiger partial charge in [-0.15, -0.1) is 11.3 Å². The molecule has 0 fully saturated rings. The maximum absolute atomic E-state index is 4.21. The van der Waals surface area contributed by atoms with E-state index in [1.54, 1.807) is 11.3 Å². The quantitative estimate of drug-likeness (QED) is 0.782. The molecule has 3 aromatic rings. The molecular weight excluding hydrogens is 242 g/mol. The molecule has 3 rings (SSSR count). The first-order valence-corrected chi connectivity index (χ1v) is 6.79. The number of aryl methyl sites for hydroxylation is 1. The van der Waals surface area contributed by atoms with Crippen molar-refractivity contribution in [3.8, 4) is 0 Å². The van der Waals surface area contributed by atoms with E-state index in [9.17, 15) is 0 Å². The summed E-state index contributed by atoms with van der Waals surface area (Å²) in [7, 11) is 4.02. The molecule has 18 heavy (non-hydrogen) atoms. The summed E-state index contributed by atoms with van der Waals surface area (Å²) in [5.41, 5.74) is 2.49. The van der Waals surface area contributed by atoms with Gasteiger partial charge in [-0.25, -0.2) is 4.98 Å². The Kier molecular flexibility index (Phi) is 2.89. The van der Waals surface area contributed by atoms with Gasteiger partial charge in [0.1, 0.15) is 0 Å². The third-order valence-corrected chi connectivity index (χ3v) is 4.24. The van der Waals surface area contributed by atoms with E-state index in [2.05, 4.69) is 44.5 Å². The maximum Gasteiger partial charge on any atom is 0.0946 e. The molecule has 0 aliphatic heterocycles. The Bertz CT molecular complexity index is 668. The molecule has 0 bridgehead atoms. The average molecular weight is 257 g/mol. The largest absolute Gasteiger partial charge is 0.336 e. The minimum absolute atomic E-state index is 0.180. The molecule has 92 valence electrons. The second-order valence-electron chi connectivity index (χ2n) is 4.34. The first-order chi connectivity index (χ1) is 8.81. The summed E-state index contributed by atoms with van der Waals surface area (Å²) in [4.78, 5) is 4.21. The highest BCUT2D eigenvalue weighted by atomic mass is 32.1. The molecule has 0 aliphatic rings. The van der Waals surface area contributed by atoms with E-state index in [-0.39, 0.29) is 6.04 Å². The summed E-state index contributed by atoms with van der Waals surface area (Å²) in [6.07, 6.45) is 3.77. The molecule has 3 nitrogen and oxygen atoms in total. The zero-order valence-corrected chi connectivity index (χ0v) is 11.2. The molecule has 0 amide bonds. The zero-order valence-electron chi connectivity index (χ0n) is 10.4. The normalized spacial score (nSPS) is 13.0. The fourth-order valence-electron chi connectivity index (χ4n) is 2.35. The van der Waals surface area contributed by atoms with Crippen LogP contribution in [0.5, 0.6) is 0 Å². The van der Waals surface area contributed by atoms with Crippen LogP contribution < -0.4 is 5.32 Å². The molecule has 1 atom stereocenters. The third kappa shape index (κ3) is 1.74. The monoisotopic (exact) mass is 257 g/mol. The highest BCUT2D eigenvalue weighted by Gasteiger charge is 2.17. The Morgan fingerprint density at radius 1 is 1.33 bits per heavy atom. The van der Waals surface area contributed by atoms with Crippen LogP contribution in [0.4, 0.5) is 0 Å². The van der Waals surface area contributed by atoms with Crippen LogP contribution in [0.25, 0.3) is 10.1 Å². The average Bonchev–Trinajstić information content (AvgIpc) is 3.00. The highest BCUT2D eigenvalue weighted by molar-refractivity contribution is 7.17. The van der Waals surface area contributed by atoms with Crippen molar-refractivity contribution >= 4 is 21.4 Å². The second-order valence-corrected chi connectivity index (χ2v) is 5.25. The van der Waals surface area contributed by atoms with Crippen LogP contribution in [-0.4, -0.2) is 16.6 Å². The predicted octanol–water partition coefficient (Wildman–Crippen LogP) is 2.94. The Morgan fingerprint density at radius 3 is 2.94 bits per heavy atom. The fraction of sp³-hybridized carbons (Fsp3) is 0.214. The summed E-state index contributed by atoms with van der Waals surface area (Å²) in [5, 5.41) is 6.84. The van der Waals surface area contributed by atoms with Gasteiger partial charge in [-0.05, 0) is 29.4 Å². The van der Waals surface area contributed by atoms with Crippen molar-refractivity contribution in [1.82, 2.24) is 14.9 Å². The van der Waals surface area contributed by atoms with Gasteiger partial charge < -0.3 is 9.88 Å². The van der Waals surface area contributed by atoms with Gasteiger partial charge in [-0.2, -0.15) is 0 Å². The van der Waals surface area contributed by atoms with Gasteiger partial charge in [0.15, 0.2) is 0 Å². The van der Waals surface area contributed by atoms with Gasteiger partial charge in [0.05, 0.1) is 24.3 Å². The summed E-state index contributed by atoms with van der Waals surface area (Å²) >= 11 is 1.79. The van der Waals surface area contributed by atoms with Crippen LogP contribution in [0, 0.1) is 0 Å². The van der Waals surface area contributed by atoms with Crippen LogP contribution in [0.2, 0.25) is 0 Å². The second kappa shape index (κ2) is 4.55. The topological polar surface area (TPSA) is 29.9 Å². The van der Waals surface area contributed by atoms with Crippen molar-refractivity contribution in [3.05, 3.63) is 53.4 Å². The van der Waals surface area contributed by atoms with Crippen molar-refractivity contribution in [2.45, 2.75) is 6.04 Å². The highest BCUT2D eigenvalue weighted by Crippen LogP contribution is 2.31. The van der Waals surface area contributed by atoms with E-state index in [0.29, 0.717) is 0 Å². The van der Waals surface area contributed by atoms with Crippen LogP contribution in [-0.2, 0) is 7.05 Å². The van der Waals surface area contributed by atoms with Crippen LogP contribution in [0.1, 0.15) is 17.3 Å². The molecule has 4 heteroatoms. The number of nitrogens with zero attached hydrogens (tertiary/aromatic N) is 2. The first kappa shape index (κ1) is 11.4. The molecule has 2 heterocycles. The molecule has 0 spiro atoms. The maximum atomic E-state index is 4.21. The van der Waals surface area contributed by atoms with Gasteiger partial charge in [-0.3, -0.25) is 0 Å². The molecule has 0 radical (unpaired) electrons. The summed E-state index contributed by atoms with van der Waals surface area (Å²) in [6, 6.07) is 8.81. The van der Waals surface area contributed by atoms with Crippen LogP contribution in [0.3, 0.4) is 0 Å². The number of imidazole rings is 1. The minimum atomic E-state index is 0.180. The van der Waals surface area contributed by atoms with E-state index in [1.807, 2.05) is 26.6 Å². The lowest BCUT2D eigenvalue weighted by Gasteiger charge is -2.18. The number of rotatable bonds is 3. The lowest BCUT2D eigenvalue weighted by molar-refractivity contribution is 0.642. The number of nitrogens with one attached hydrogen (secondary N) is 1. The molecule has 1 unspecified atom stereocenters. The number of hydrogen-bond acceptors (Lipinski definition) is 3. The SMILES string of the molecule is CNC(c1cccc2ccsc12)c1cncn1C. The number of thiophene rings is 1. The third-order valence-electron chi connectivity index (χ3n) is 3.26. The van der Waals surface area contributed by atoms with Crippen molar-refractivity contribution in [2.75, 3.05) is 7.05 Å². The minimum Gasteiger partial charge on any atom is -0.336 e. The smallest absolute Gasteiger partial charge is 0.0946 e. The first-order valence-electron chi connectivity index (χ1n) is 5.91. The Morgan fingerprint density at radius 2 is 2.22 bits per heavy atom. The molecule has 0 saturated carbocycles. The molecule has 0 saturated heterocycles. The van der Waals surface area contributed by atoms with E-state index < -0.39 is 0 Å². The van der Waals surface area contributed by atoms with Crippen LogP contribution in [0.15, 0.2) is 42.2 Å². The van der Waals surface area contributed by atoms with E-state index in [1.165, 1.54) is 21.3 Å². The summed E-state index contributed by atoms with van der Waals surface area (Å²) in [5.74, 6) is 0. The van der Waals surface area contributed by atoms with Crippen molar-refractivity contribution in [1.29, 1.82) is 0 Å². The van der Waals surface area contributed by atoms with Gasteiger partial charge >= 0.3 is 0 Å². The van der Waals surface area contributed by atoms with Crippen molar-refractivity contribution in [2.24, 2.45) is 7.05 Å². The number of hydrogen-bond donors (Lipinski definition) is 1. The predicted molar refractivity (Wildman–Crippen MR) is 75.9 cm³/mol. The van der Waals surface area contributed by atoms with E-state index >= 15 is 0 Å². The van der Waals surface area contributed by atoms with Crippen molar-refractivity contribution in [3.63, 3.8) is 0 Å². The molecule has 1 N–H and O–H groups in total. The molecular formula is C14H15N3S. The number of aromatic nitrogens is 2. The lowest BCUT2D eigenvalue weighted by atomic mass is 10.0. The van der Waals surface area contributed by atoms with Gasteiger partial charge in [-0.1, -0.05) is 18.2 Å². The van der Waals surface area contributed by atoms with Crippen molar-refractivity contribution < 1.29 is 0 Å². The summed E-state index contributed by atoms with van der Waals surface area (Å²) < 4.78 is 3.41. The number of fused-ring (bicyclic) bond motifs is 1. The van der Waals surface area contributed by atoms with E-state index in [4.69, 9.17) is 0 Å². The fourth-order valence-corrected chi connectivity index (χ4v) is 3.30. The molecule has 2 aromatic heterocycles. The summed E-state index contributed by atoms with van der Waals surface area (Å²) in [6.45, 7) is 0. The molecule has 0 aliphatic carbocycles. The molecule has 1 aromatic carbocycles. The zero-order chi connectivity index (χ0) is 12.5. The van der Waals surface area contributed by atoms with E-state index in [0.717, 1.165) is 0 Å².